The van der Waals surface area contributed by atoms with Crippen LogP contribution in [0.3, 0.4) is 0 Å². The van der Waals surface area contributed by atoms with Crippen LogP contribution in [-0.2, 0) is 16.6 Å². The van der Waals surface area contributed by atoms with Crippen LogP contribution in [0, 0.1) is 17.6 Å². The maximum atomic E-state index is 14.2. The van der Waals surface area contributed by atoms with E-state index in [-0.39, 0.29) is 18.5 Å². The van der Waals surface area contributed by atoms with Crippen LogP contribution in [0.15, 0.2) is 66.0 Å². The molecule has 9 heteroatoms. The summed E-state index contributed by atoms with van der Waals surface area (Å²) in [5.74, 6) is -2.43. The van der Waals surface area contributed by atoms with E-state index in [4.69, 9.17) is 0 Å². The normalized spacial score (nSPS) is 19.7. The number of aromatic amines is 1. The van der Waals surface area contributed by atoms with E-state index in [1.807, 2.05) is 30.6 Å². The van der Waals surface area contributed by atoms with Gasteiger partial charge in [-0.1, -0.05) is 12.1 Å². The number of hydrogen-bond acceptors (Lipinski definition) is 3. The van der Waals surface area contributed by atoms with E-state index in [1.54, 1.807) is 13.1 Å². The van der Waals surface area contributed by atoms with Crippen LogP contribution in [-0.4, -0.2) is 40.1 Å². The van der Waals surface area contributed by atoms with Gasteiger partial charge in [0, 0.05) is 48.0 Å². The number of fused-ring (bicyclic) bond motifs is 1. The molecule has 1 N–H and O–H groups in total. The minimum absolute atomic E-state index is 0.0561. The number of rotatable bonds is 5. The van der Waals surface area contributed by atoms with Gasteiger partial charge in [0.1, 0.15) is 4.90 Å². The van der Waals surface area contributed by atoms with Gasteiger partial charge in [-0.15, -0.1) is 0 Å². The summed E-state index contributed by atoms with van der Waals surface area (Å²) in [6.07, 6.45) is 6.25. The van der Waals surface area contributed by atoms with Crippen LogP contribution >= 0.6 is 0 Å². The number of nitrogens with zero attached hydrogens (tertiary/aromatic N) is 3. The number of halogens is 2. The van der Waals surface area contributed by atoms with Crippen LogP contribution in [0.2, 0.25) is 0 Å². The molecule has 4 aromatic rings. The van der Waals surface area contributed by atoms with Gasteiger partial charge in [-0.05, 0) is 55.2 Å². The fourth-order valence-electron chi connectivity index (χ4n) is 4.61. The third-order valence-corrected chi connectivity index (χ3v) is 8.16. The highest BCUT2D eigenvalue weighted by Gasteiger charge is 2.39. The molecule has 0 bridgehead atoms. The summed E-state index contributed by atoms with van der Waals surface area (Å²) in [4.78, 5) is -0.608. The molecule has 2 atom stereocenters. The summed E-state index contributed by atoms with van der Waals surface area (Å²) < 4.78 is 57.3. The van der Waals surface area contributed by atoms with Crippen molar-refractivity contribution in [2.24, 2.45) is 5.92 Å². The van der Waals surface area contributed by atoms with Crippen molar-refractivity contribution in [3.8, 4) is 11.1 Å². The first kappa shape index (κ1) is 20.8. The standard InChI is InChI=1S/C23H22F2N4O2S/c1-15-9-16(14-29(15)32(30,31)22-4-2-3-20(24)23(22)25)13-28-8-7-18-10-17(5-6-21(18)28)19-11-26-27-12-19/h2-8,10-12,15-16H,9,13-14H2,1H3,(H,26,27)/t15-,16+/m1/s1. The monoisotopic (exact) mass is 456 g/mol. The molecular formula is C23H22F2N4O2S. The predicted molar refractivity (Wildman–Crippen MR) is 117 cm³/mol. The summed E-state index contributed by atoms with van der Waals surface area (Å²) in [5, 5.41) is 7.89. The second-order valence-electron chi connectivity index (χ2n) is 8.31. The first-order chi connectivity index (χ1) is 15.3. The maximum absolute atomic E-state index is 14.2. The molecule has 166 valence electrons. The van der Waals surface area contributed by atoms with E-state index < -0.39 is 26.6 Å². The zero-order valence-electron chi connectivity index (χ0n) is 17.4. The second-order valence-corrected chi connectivity index (χ2v) is 10.2. The van der Waals surface area contributed by atoms with Gasteiger partial charge < -0.3 is 4.57 Å². The van der Waals surface area contributed by atoms with E-state index in [0.717, 1.165) is 34.2 Å². The number of hydrogen-bond donors (Lipinski definition) is 1. The molecule has 0 aliphatic carbocycles. The molecule has 1 aliphatic heterocycles. The summed E-state index contributed by atoms with van der Waals surface area (Å²) in [7, 11) is -4.13. The number of sulfonamides is 1. The minimum atomic E-state index is -4.13. The molecule has 0 spiro atoms. The van der Waals surface area contributed by atoms with E-state index in [2.05, 4.69) is 20.8 Å². The highest BCUT2D eigenvalue weighted by Crippen LogP contribution is 2.33. The third-order valence-electron chi connectivity index (χ3n) is 6.16. The molecule has 1 aliphatic rings. The predicted octanol–water partition coefficient (Wildman–Crippen LogP) is 4.41. The SMILES string of the molecule is C[C@@H]1C[C@@H](Cn2ccc3cc(-c4cn[nH]c4)ccc32)CN1S(=O)(=O)c1cccc(F)c1F. The van der Waals surface area contributed by atoms with Crippen LogP contribution in [0.5, 0.6) is 0 Å². The Morgan fingerprint density at radius 3 is 2.78 bits per heavy atom. The van der Waals surface area contributed by atoms with Crippen LogP contribution < -0.4 is 0 Å². The summed E-state index contributed by atoms with van der Waals surface area (Å²) >= 11 is 0. The van der Waals surface area contributed by atoms with Crippen molar-refractivity contribution in [3.63, 3.8) is 0 Å². The third kappa shape index (κ3) is 3.51. The Kier molecular flexibility index (Phi) is 5.10. The Bertz CT molecular complexity index is 1380. The smallest absolute Gasteiger partial charge is 0.246 e. The average Bonchev–Trinajstić information content (AvgIpc) is 3.50. The molecular weight excluding hydrogens is 434 g/mol. The molecule has 0 amide bonds. The number of benzene rings is 2. The Morgan fingerprint density at radius 1 is 1.16 bits per heavy atom. The fourth-order valence-corrected chi connectivity index (χ4v) is 6.41. The van der Waals surface area contributed by atoms with E-state index in [1.165, 1.54) is 10.4 Å². The van der Waals surface area contributed by atoms with Crippen molar-refractivity contribution in [2.75, 3.05) is 6.54 Å². The van der Waals surface area contributed by atoms with E-state index in [0.29, 0.717) is 13.0 Å². The lowest BCUT2D eigenvalue weighted by Crippen LogP contribution is -2.34. The Balaban J connectivity index is 1.37. The molecule has 32 heavy (non-hydrogen) atoms. The van der Waals surface area contributed by atoms with Crippen molar-refractivity contribution in [1.29, 1.82) is 0 Å². The molecule has 1 saturated heterocycles. The van der Waals surface area contributed by atoms with Gasteiger partial charge in [0.05, 0.1) is 6.20 Å². The largest absolute Gasteiger partial charge is 0.347 e. The lowest BCUT2D eigenvalue weighted by Gasteiger charge is -2.21. The van der Waals surface area contributed by atoms with Gasteiger partial charge in [-0.3, -0.25) is 5.10 Å². The first-order valence-electron chi connectivity index (χ1n) is 10.4. The molecule has 2 aromatic carbocycles. The summed E-state index contributed by atoms with van der Waals surface area (Å²) in [5.41, 5.74) is 3.13. The van der Waals surface area contributed by atoms with Crippen LogP contribution in [0.1, 0.15) is 13.3 Å². The highest BCUT2D eigenvalue weighted by atomic mass is 32.2. The molecule has 0 unspecified atom stereocenters. The van der Waals surface area contributed by atoms with Crippen molar-refractivity contribution in [1.82, 2.24) is 19.1 Å². The quantitative estimate of drug-likeness (QED) is 0.484. The van der Waals surface area contributed by atoms with Crippen molar-refractivity contribution < 1.29 is 17.2 Å². The van der Waals surface area contributed by atoms with Crippen LogP contribution in [0.25, 0.3) is 22.0 Å². The Hall–Kier alpha value is -3.04. The zero-order valence-corrected chi connectivity index (χ0v) is 18.2. The molecule has 1 fully saturated rings. The van der Waals surface area contributed by atoms with Crippen molar-refractivity contribution >= 4 is 20.9 Å². The highest BCUT2D eigenvalue weighted by molar-refractivity contribution is 7.89. The Labute approximate surface area is 184 Å². The first-order valence-corrected chi connectivity index (χ1v) is 11.8. The topological polar surface area (TPSA) is 71.0 Å². The average molecular weight is 457 g/mol. The van der Waals surface area contributed by atoms with Crippen LogP contribution in [0.4, 0.5) is 8.78 Å². The van der Waals surface area contributed by atoms with E-state index >= 15 is 0 Å². The Morgan fingerprint density at radius 2 is 2.00 bits per heavy atom. The van der Waals surface area contributed by atoms with Crippen molar-refractivity contribution in [2.45, 2.75) is 30.8 Å². The minimum Gasteiger partial charge on any atom is -0.347 e. The number of nitrogens with one attached hydrogen (secondary N) is 1. The molecule has 3 heterocycles. The molecule has 0 radical (unpaired) electrons. The summed E-state index contributed by atoms with van der Waals surface area (Å²) in [6, 6.07) is 11.2. The molecule has 0 saturated carbocycles. The lowest BCUT2D eigenvalue weighted by atomic mass is 10.1. The van der Waals surface area contributed by atoms with Gasteiger partial charge in [0.25, 0.3) is 0 Å². The van der Waals surface area contributed by atoms with Gasteiger partial charge in [-0.25, -0.2) is 17.2 Å². The van der Waals surface area contributed by atoms with Crippen molar-refractivity contribution in [3.05, 3.63) is 72.7 Å². The molecule has 2 aromatic heterocycles. The number of H-pyrrole nitrogens is 1. The zero-order chi connectivity index (χ0) is 22.5. The maximum Gasteiger partial charge on any atom is 0.246 e. The van der Waals surface area contributed by atoms with E-state index in [9.17, 15) is 17.2 Å². The molecule has 5 rings (SSSR count). The van der Waals surface area contributed by atoms with Gasteiger partial charge >= 0.3 is 0 Å². The van der Waals surface area contributed by atoms with Gasteiger partial charge in [0.2, 0.25) is 10.0 Å². The second kappa shape index (κ2) is 7.83. The molecule has 6 nitrogen and oxygen atoms in total. The fraction of sp³-hybridized carbons (Fsp3) is 0.261. The lowest BCUT2D eigenvalue weighted by molar-refractivity contribution is 0.393. The number of aromatic nitrogens is 3. The van der Waals surface area contributed by atoms with Gasteiger partial charge in [-0.2, -0.15) is 9.40 Å². The summed E-state index contributed by atoms with van der Waals surface area (Å²) in [6.45, 7) is 2.70. The van der Waals surface area contributed by atoms with Gasteiger partial charge in [0.15, 0.2) is 11.6 Å².